The van der Waals surface area contributed by atoms with Crippen molar-refractivity contribution in [2.45, 2.75) is 38.1 Å². The van der Waals surface area contributed by atoms with Crippen molar-refractivity contribution < 1.29 is 9.53 Å². The van der Waals surface area contributed by atoms with Gasteiger partial charge in [-0.2, -0.15) is 0 Å². The van der Waals surface area contributed by atoms with E-state index in [2.05, 4.69) is 30.9 Å². The standard InChI is InChI=1S/C13H23BrN2O2/c1-18-12(17)15-11-4-7-16(8-11)10-13(9-14)5-2-3-6-13/h11H,2-10H2,1H3,(H,15,17). The third-order valence-corrected chi connectivity index (χ3v) is 5.48. The van der Waals surface area contributed by atoms with Crippen LogP contribution in [0.3, 0.4) is 0 Å². The lowest BCUT2D eigenvalue weighted by Gasteiger charge is -2.31. The number of halogens is 1. The Labute approximate surface area is 118 Å². The minimum Gasteiger partial charge on any atom is -0.453 e. The van der Waals surface area contributed by atoms with E-state index in [0.29, 0.717) is 5.41 Å². The fourth-order valence-corrected chi connectivity index (χ4v) is 3.99. The molecule has 1 saturated carbocycles. The predicted octanol–water partition coefficient (Wildman–Crippen LogP) is 2.37. The van der Waals surface area contributed by atoms with Gasteiger partial charge in [0.05, 0.1) is 7.11 Å². The molecule has 5 heteroatoms. The summed E-state index contributed by atoms with van der Waals surface area (Å²) in [4.78, 5) is 13.7. The molecule has 1 atom stereocenters. The Bertz CT molecular complexity index is 293. The maximum Gasteiger partial charge on any atom is 0.407 e. The minimum atomic E-state index is -0.307. The van der Waals surface area contributed by atoms with E-state index in [9.17, 15) is 4.79 Å². The molecule has 2 rings (SSSR count). The molecule has 2 aliphatic rings. The average Bonchev–Trinajstić information content (AvgIpc) is 3.00. The fourth-order valence-electron chi connectivity index (χ4n) is 3.25. The van der Waals surface area contributed by atoms with Gasteiger partial charge in [-0.25, -0.2) is 4.79 Å². The van der Waals surface area contributed by atoms with Gasteiger partial charge in [0.25, 0.3) is 0 Å². The fraction of sp³-hybridized carbons (Fsp3) is 0.923. The SMILES string of the molecule is COC(=O)NC1CCN(CC2(CBr)CCCC2)C1. The molecule has 18 heavy (non-hydrogen) atoms. The number of alkyl halides is 1. The summed E-state index contributed by atoms with van der Waals surface area (Å²) >= 11 is 3.69. The molecule has 1 unspecified atom stereocenters. The highest BCUT2D eigenvalue weighted by Crippen LogP contribution is 2.40. The van der Waals surface area contributed by atoms with Crippen molar-refractivity contribution in [3.05, 3.63) is 0 Å². The summed E-state index contributed by atoms with van der Waals surface area (Å²) in [6, 6.07) is 0.256. The van der Waals surface area contributed by atoms with Crippen molar-refractivity contribution in [3.63, 3.8) is 0 Å². The van der Waals surface area contributed by atoms with E-state index in [-0.39, 0.29) is 12.1 Å². The van der Waals surface area contributed by atoms with E-state index in [1.54, 1.807) is 0 Å². The van der Waals surface area contributed by atoms with Gasteiger partial charge in [0.15, 0.2) is 0 Å². The van der Waals surface area contributed by atoms with Gasteiger partial charge in [-0.1, -0.05) is 28.8 Å². The largest absolute Gasteiger partial charge is 0.453 e. The highest BCUT2D eigenvalue weighted by molar-refractivity contribution is 9.09. The van der Waals surface area contributed by atoms with Crippen LogP contribution in [0.5, 0.6) is 0 Å². The van der Waals surface area contributed by atoms with Gasteiger partial charge < -0.3 is 15.0 Å². The van der Waals surface area contributed by atoms with Gasteiger partial charge in [-0.3, -0.25) is 0 Å². The molecule has 104 valence electrons. The van der Waals surface area contributed by atoms with E-state index in [1.807, 2.05) is 0 Å². The number of rotatable bonds is 4. The lowest BCUT2D eigenvalue weighted by atomic mass is 9.88. The quantitative estimate of drug-likeness (QED) is 0.809. The zero-order chi connectivity index (χ0) is 13.0. The van der Waals surface area contributed by atoms with Crippen molar-refractivity contribution in [1.29, 1.82) is 0 Å². The Morgan fingerprint density at radius 1 is 1.50 bits per heavy atom. The van der Waals surface area contributed by atoms with Gasteiger partial charge in [0, 0.05) is 31.0 Å². The van der Waals surface area contributed by atoms with E-state index in [1.165, 1.54) is 32.8 Å². The lowest BCUT2D eigenvalue weighted by molar-refractivity contribution is 0.164. The maximum atomic E-state index is 11.2. The van der Waals surface area contributed by atoms with Crippen molar-refractivity contribution in [2.24, 2.45) is 5.41 Å². The van der Waals surface area contributed by atoms with Gasteiger partial charge in [-0.05, 0) is 24.7 Å². The Hall–Kier alpha value is -0.290. The van der Waals surface area contributed by atoms with Crippen LogP contribution in [0.1, 0.15) is 32.1 Å². The molecule has 1 saturated heterocycles. The van der Waals surface area contributed by atoms with Gasteiger partial charge in [0.1, 0.15) is 0 Å². The number of nitrogens with one attached hydrogen (secondary N) is 1. The molecule has 0 aromatic rings. The first-order valence-corrected chi connectivity index (χ1v) is 7.92. The smallest absolute Gasteiger partial charge is 0.407 e. The zero-order valence-electron chi connectivity index (χ0n) is 11.1. The van der Waals surface area contributed by atoms with E-state index >= 15 is 0 Å². The molecule has 1 aliphatic carbocycles. The molecular weight excluding hydrogens is 296 g/mol. The minimum absolute atomic E-state index is 0.256. The second-order valence-corrected chi connectivity index (χ2v) is 6.26. The molecule has 1 heterocycles. The molecular formula is C13H23BrN2O2. The second-order valence-electron chi connectivity index (χ2n) is 5.70. The molecule has 2 fully saturated rings. The summed E-state index contributed by atoms with van der Waals surface area (Å²) in [5, 5.41) is 4.00. The van der Waals surface area contributed by atoms with Crippen molar-refractivity contribution in [3.8, 4) is 0 Å². The van der Waals surface area contributed by atoms with Crippen molar-refractivity contribution >= 4 is 22.0 Å². The predicted molar refractivity (Wildman–Crippen MR) is 75.1 cm³/mol. The van der Waals surface area contributed by atoms with E-state index < -0.39 is 0 Å². The van der Waals surface area contributed by atoms with Crippen LogP contribution in [0, 0.1) is 5.41 Å². The summed E-state index contributed by atoms with van der Waals surface area (Å²) in [5.74, 6) is 0. The Kier molecular flexibility index (Phi) is 4.90. The lowest BCUT2D eigenvalue weighted by Crippen LogP contribution is -2.40. The van der Waals surface area contributed by atoms with Crippen LogP contribution in [-0.4, -0.2) is 49.1 Å². The number of methoxy groups -OCH3 is 1. The summed E-state index contributed by atoms with van der Waals surface area (Å²) in [6.07, 6.45) is 6.13. The molecule has 0 aromatic heterocycles. The number of ether oxygens (including phenoxy) is 1. The number of alkyl carbamates (subject to hydrolysis) is 1. The Morgan fingerprint density at radius 3 is 2.83 bits per heavy atom. The van der Waals surface area contributed by atoms with E-state index in [0.717, 1.165) is 31.4 Å². The van der Waals surface area contributed by atoms with Crippen LogP contribution in [0.15, 0.2) is 0 Å². The molecule has 1 amide bonds. The van der Waals surface area contributed by atoms with Gasteiger partial charge in [-0.15, -0.1) is 0 Å². The summed E-state index contributed by atoms with van der Waals surface area (Å²) in [6.45, 7) is 3.21. The number of carbonyl (C=O) groups is 1. The third kappa shape index (κ3) is 3.38. The molecule has 0 spiro atoms. The average molecular weight is 319 g/mol. The molecule has 1 aliphatic heterocycles. The molecule has 4 nitrogen and oxygen atoms in total. The Morgan fingerprint density at radius 2 is 2.22 bits per heavy atom. The van der Waals surface area contributed by atoms with Gasteiger partial charge in [0.2, 0.25) is 0 Å². The molecule has 1 N–H and O–H groups in total. The van der Waals surface area contributed by atoms with Crippen LogP contribution in [-0.2, 0) is 4.74 Å². The van der Waals surface area contributed by atoms with Crippen molar-refractivity contribution in [1.82, 2.24) is 10.2 Å². The van der Waals surface area contributed by atoms with Crippen LogP contribution < -0.4 is 5.32 Å². The number of hydrogen-bond donors (Lipinski definition) is 1. The second kappa shape index (κ2) is 6.24. The first-order valence-electron chi connectivity index (χ1n) is 6.80. The normalized spacial score (nSPS) is 27.3. The first-order chi connectivity index (χ1) is 8.67. The number of nitrogens with zero attached hydrogens (tertiary/aromatic N) is 1. The van der Waals surface area contributed by atoms with Crippen LogP contribution >= 0.6 is 15.9 Å². The van der Waals surface area contributed by atoms with E-state index in [4.69, 9.17) is 0 Å². The number of carbonyl (C=O) groups excluding carboxylic acids is 1. The van der Waals surface area contributed by atoms with Crippen molar-refractivity contribution in [2.75, 3.05) is 32.1 Å². The summed E-state index contributed by atoms with van der Waals surface area (Å²) < 4.78 is 4.65. The third-order valence-electron chi connectivity index (χ3n) is 4.29. The molecule has 0 aromatic carbocycles. The highest BCUT2D eigenvalue weighted by Gasteiger charge is 2.36. The van der Waals surface area contributed by atoms with Crippen LogP contribution in [0.25, 0.3) is 0 Å². The summed E-state index contributed by atoms with van der Waals surface area (Å²) in [7, 11) is 1.42. The first kappa shape index (κ1) is 14.1. The Balaban J connectivity index is 1.80. The van der Waals surface area contributed by atoms with Crippen LogP contribution in [0.4, 0.5) is 4.79 Å². The number of hydrogen-bond acceptors (Lipinski definition) is 3. The molecule has 0 radical (unpaired) electrons. The number of amides is 1. The van der Waals surface area contributed by atoms with Crippen LogP contribution in [0.2, 0.25) is 0 Å². The monoisotopic (exact) mass is 318 g/mol. The summed E-state index contributed by atoms with van der Waals surface area (Å²) in [5.41, 5.74) is 0.472. The highest BCUT2D eigenvalue weighted by atomic mass is 79.9. The topological polar surface area (TPSA) is 41.6 Å². The molecule has 0 bridgehead atoms. The number of likely N-dealkylation sites (tertiary alicyclic amines) is 1. The van der Waals surface area contributed by atoms with Gasteiger partial charge >= 0.3 is 6.09 Å². The zero-order valence-corrected chi connectivity index (χ0v) is 12.7. The maximum absolute atomic E-state index is 11.2.